The average molecular weight is 379 g/mol. The highest BCUT2D eigenvalue weighted by Crippen LogP contribution is 2.18. The first-order valence-corrected chi connectivity index (χ1v) is 7.45. The number of nitrogens with one attached hydrogen (secondary N) is 3. The van der Waals surface area contributed by atoms with Gasteiger partial charge in [-0.2, -0.15) is 0 Å². The minimum Gasteiger partial charge on any atom is -0.350 e. The van der Waals surface area contributed by atoms with Crippen molar-refractivity contribution in [1.82, 2.24) is 20.4 Å². The lowest BCUT2D eigenvalue weighted by molar-refractivity contribution is 0.0840. The molecule has 0 spiro atoms. The first kappa shape index (κ1) is 15.3. The molecule has 0 saturated carbocycles. The molecule has 0 aliphatic heterocycles. The van der Waals surface area contributed by atoms with Crippen molar-refractivity contribution in [2.24, 2.45) is 7.05 Å². The number of aromatic amines is 1. The minimum atomic E-state index is -0.567. The van der Waals surface area contributed by atoms with Crippen LogP contribution in [0.25, 0.3) is 10.9 Å². The number of hydrazine groups is 1. The van der Waals surface area contributed by atoms with Crippen molar-refractivity contribution in [2.75, 3.05) is 0 Å². The highest BCUT2D eigenvalue weighted by atomic mass is 79.9. The number of hydrogen-bond acceptors (Lipinski definition) is 2. The van der Waals surface area contributed by atoms with E-state index in [4.69, 9.17) is 0 Å². The molecule has 3 N–H and O–H groups in total. The molecule has 1 aromatic carbocycles. The van der Waals surface area contributed by atoms with Crippen LogP contribution in [-0.4, -0.2) is 21.4 Å². The van der Waals surface area contributed by atoms with Gasteiger partial charge in [0.1, 0.15) is 17.2 Å². The van der Waals surface area contributed by atoms with Crippen LogP contribution in [-0.2, 0) is 7.05 Å². The maximum atomic E-state index is 13.6. The van der Waals surface area contributed by atoms with Gasteiger partial charge in [-0.15, -0.1) is 0 Å². The summed E-state index contributed by atoms with van der Waals surface area (Å²) in [4.78, 5) is 26.9. The normalized spacial score (nSPS) is 10.7. The minimum absolute atomic E-state index is 0.151. The highest BCUT2D eigenvalue weighted by molar-refractivity contribution is 9.10. The second-order valence-electron chi connectivity index (χ2n) is 4.95. The Balaban J connectivity index is 1.72. The third kappa shape index (κ3) is 2.98. The number of aryl methyl sites for hydroxylation is 1. The first-order chi connectivity index (χ1) is 11.0. The van der Waals surface area contributed by atoms with Crippen molar-refractivity contribution >= 4 is 38.6 Å². The summed E-state index contributed by atoms with van der Waals surface area (Å²) in [5.41, 5.74) is 5.64. The van der Waals surface area contributed by atoms with E-state index >= 15 is 0 Å². The van der Waals surface area contributed by atoms with Gasteiger partial charge in [0.05, 0.1) is 0 Å². The number of benzene rings is 1. The third-order valence-corrected chi connectivity index (χ3v) is 3.78. The molecule has 0 radical (unpaired) electrons. The maximum Gasteiger partial charge on any atom is 0.286 e. The summed E-state index contributed by atoms with van der Waals surface area (Å²) in [7, 11) is 1.71. The molecule has 2 heterocycles. The van der Waals surface area contributed by atoms with Gasteiger partial charge < -0.3 is 9.55 Å². The molecule has 0 unspecified atom stereocenters. The summed E-state index contributed by atoms with van der Waals surface area (Å²) in [6.45, 7) is 0. The fourth-order valence-corrected chi connectivity index (χ4v) is 2.76. The third-order valence-electron chi connectivity index (χ3n) is 3.35. The summed E-state index contributed by atoms with van der Waals surface area (Å²) >= 11 is 3.27. The monoisotopic (exact) mass is 378 g/mol. The summed E-state index contributed by atoms with van der Waals surface area (Å²) in [6.07, 6.45) is 1.72. The average Bonchev–Trinajstić information content (AvgIpc) is 3.08. The van der Waals surface area contributed by atoms with E-state index in [1.165, 1.54) is 12.1 Å². The van der Waals surface area contributed by atoms with Crippen LogP contribution in [0.5, 0.6) is 0 Å². The Hall–Kier alpha value is -2.61. The Kier molecular flexibility index (Phi) is 3.91. The number of fused-ring (bicyclic) bond motifs is 1. The topological polar surface area (TPSA) is 78.9 Å². The number of carbonyl (C=O) groups is 2. The zero-order valence-electron chi connectivity index (χ0n) is 12.0. The van der Waals surface area contributed by atoms with Gasteiger partial charge in [0, 0.05) is 28.6 Å². The van der Waals surface area contributed by atoms with Crippen LogP contribution < -0.4 is 10.9 Å². The van der Waals surface area contributed by atoms with E-state index in [1.807, 2.05) is 0 Å². The van der Waals surface area contributed by atoms with E-state index in [9.17, 15) is 14.0 Å². The van der Waals surface area contributed by atoms with E-state index in [0.717, 1.165) is 4.47 Å². The largest absolute Gasteiger partial charge is 0.350 e. The van der Waals surface area contributed by atoms with Crippen molar-refractivity contribution in [3.05, 3.63) is 58.2 Å². The molecule has 3 aromatic rings. The zero-order chi connectivity index (χ0) is 16.6. The molecule has 8 heteroatoms. The van der Waals surface area contributed by atoms with Crippen molar-refractivity contribution < 1.29 is 14.0 Å². The van der Waals surface area contributed by atoms with E-state index in [0.29, 0.717) is 16.6 Å². The predicted molar refractivity (Wildman–Crippen MR) is 86.3 cm³/mol. The molecule has 118 valence electrons. The Morgan fingerprint density at radius 2 is 1.96 bits per heavy atom. The van der Waals surface area contributed by atoms with Gasteiger partial charge in [-0.05, 0) is 40.2 Å². The number of carbonyl (C=O) groups excluding carboxylic acids is 2. The van der Waals surface area contributed by atoms with Crippen molar-refractivity contribution in [3.8, 4) is 0 Å². The fourth-order valence-electron chi connectivity index (χ4n) is 2.24. The van der Waals surface area contributed by atoms with Crippen molar-refractivity contribution in [1.29, 1.82) is 0 Å². The summed E-state index contributed by atoms with van der Waals surface area (Å²) in [5.74, 6) is -1.45. The van der Waals surface area contributed by atoms with E-state index in [1.54, 1.807) is 36.0 Å². The SMILES string of the molecule is Cn1cc(Br)cc1C(=O)NNC(=O)c1cc2c(F)cccc2[nH]1. The molecule has 3 rings (SSSR count). The number of amides is 2. The molecular formula is C15H12BrFN4O2. The van der Waals surface area contributed by atoms with Crippen LogP contribution in [0.1, 0.15) is 21.0 Å². The highest BCUT2D eigenvalue weighted by Gasteiger charge is 2.15. The lowest BCUT2D eigenvalue weighted by atomic mass is 10.2. The van der Waals surface area contributed by atoms with Crippen LogP contribution in [0.2, 0.25) is 0 Å². The van der Waals surface area contributed by atoms with Gasteiger partial charge in [0.15, 0.2) is 0 Å². The first-order valence-electron chi connectivity index (χ1n) is 6.65. The Morgan fingerprint density at radius 3 is 2.61 bits per heavy atom. The lowest BCUT2D eigenvalue weighted by Gasteiger charge is -2.06. The van der Waals surface area contributed by atoms with Crippen LogP contribution in [0.15, 0.2) is 41.0 Å². The number of hydrogen-bond donors (Lipinski definition) is 3. The summed E-state index contributed by atoms with van der Waals surface area (Å²) < 4.78 is 16.0. The van der Waals surface area contributed by atoms with Gasteiger partial charge in [-0.25, -0.2) is 4.39 Å². The maximum absolute atomic E-state index is 13.6. The van der Waals surface area contributed by atoms with E-state index in [-0.39, 0.29) is 5.69 Å². The second-order valence-corrected chi connectivity index (χ2v) is 5.86. The van der Waals surface area contributed by atoms with Gasteiger partial charge >= 0.3 is 0 Å². The van der Waals surface area contributed by atoms with Gasteiger partial charge in [0.25, 0.3) is 11.8 Å². The molecule has 0 fully saturated rings. The fraction of sp³-hybridized carbons (Fsp3) is 0.0667. The molecule has 6 nitrogen and oxygen atoms in total. The molecule has 0 aliphatic carbocycles. The van der Waals surface area contributed by atoms with Crippen molar-refractivity contribution in [3.63, 3.8) is 0 Å². The standard InChI is InChI=1S/C15H12BrFN4O2/c1-21-7-8(16)5-13(21)15(23)20-19-14(22)12-6-9-10(17)3-2-4-11(9)18-12/h2-7,18H,1H3,(H,19,22)(H,20,23). The number of nitrogens with zero attached hydrogens (tertiary/aromatic N) is 1. The van der Waals surface area contributed by atoms with Gasteiger partial charge in [-0.1, -0.05) is 6.07 Å². The van der Waals surface area contributed by atoms with Gasteiger partial charge in [-0.3, -0.25) is 20.4 Å². The molecule has 23 heavy (non-hydrogen) atoms. The van der Waals surface area contributed by atoms with E-state index < -0.39 is 17.6 Å². The van der Waals surface area contributed by atoms with Crippen molar-refractivity contribution in [2.45, 2.75) is 0 Å². The Labute approximate surface area is 138 Å². The predicted octanol–water partition coefficient (Wildman–Crippen LogP) is 2.48. The number of rotatable bonds is 2. The zero-order valence-corrected chi connectivity index (χ0v) is 13.6. The molecule has 0 aliphatic rings. The van der Waals surface area contributed by atoms with Gasteiger partial charge in [0.2, 0.25) is 0 Å². The Bertz CT molecular complexity index is 915. The quantitative estimate of drug-likeness (QED) is 0.599. The second kappa shape index (κ2) is 5.88. The molecule has 0 saturated heterocycles. The summed E-state index contributed by atoms with van der Waals surface area (Å²) in [5, 5.41) is 0.315. The lowest BCUT2D eigenvalue weighted by Crippen LogP contribution is -2.42. The molecule has 0 atom stereocenters. The molecule has 2 aromatic heterocycles. The number of aromatic nitrogens is 2. The molecule has 2 amide bonds. The smallest absolute Gasteiger partial charge is 0.286 e. The van der Waals surface area contributed by atoms with E-state index in [2.05, 4.69) is 31.8 Å². The van der Waals surface area contributed by atoms with Crippen LogP contribution >= 0.6 is 15.9 Å². The summed E-state index contributed by atoms with van der Waals surface area (Å²) in [6, 6.07) is 7.54. The van der Waals surface area contributed by atoms with Crippen LogP contribution in [0, 0.1) is 5.82 Å². The molecule has 0 bridgehead atoms. The number of halogens is 2. The van der Waals surface area contributed by atoms with Crippen LogP contribution in [0.3, 0.4) is 0 Å². The van der Waals surface area contributed by atoms with Crippen LogP contribution in [0.4, 0.5) is 4.39 Å². The molecular weight excluding hydrogens is 367 g/mol. The number of H-pyrrole nitrogens is 1. The Morgan fingerprint density at radius 1 is 1.22 bits per heavy atom.